The number of unbranched alkanes of at least 4 members (excludes halogenated alkanes) is 9. The Hall–Kier alpha value is -1.07. The SMILES string of the molecule is CCCCCCCCCCCCS(=O)(=O)Nc1ccccc1C(=O)Cl. The van der Waals surface area contributed by atoms with E-state index in [1.54, 1.807) is 18.2 Å². The fraction of sp³-hybridized carbons (Fsp3) is 0.632. The standard InChI is InChI=1S/C19H30ClNO3S/c1-2-3-4-5-6-7-8-9-10-13-16-25(23,24)21-18-15-12-11-14-17(18)19(20)22/h11-12,14-15,21H,2-10,13,16H2,1H3. The Labute approximate surface area is 157 Å². The molecular formula is C19H30ClNO3S. The molecule has 0 saturated heterocycles. The Morgan fingerprint density at radius 3 is 2.00 bits per heavy atom. The molecule has 0 amide bonds. The second-order valence-corrected chi connectivity index (χ2v) is 8.61. The van der Waals surface area contributed by atoms with E-state index in [-0.39, 0.29) is 17.0 Å². The molecule has 0 atom stereocenters. The van der Waals surface area contributed by atoms with E-state index in [9.17, 15) is 13.2 Å². The smallest absolute Gasteiger partial charge is 0.254 e. The van der Waals surface area contributed by atoms with E-state index in [0.29, 0.717) is 6.42 Å². The van der Waals surface area contributed by atoms with Gasteiger partial charge in [0.1, 0.15) is 0 Å². The normalized spacial score (nSPS) is 11.4. The molecule has 142 valence electrons. The molecule has 0 radical (unpaired) electrons. The quantitative estimate of drug-likeness (QED) is 0.327. The third-order valence-electron chi connectivity index (χ3n) is 4.17. The van der Waals surface area contributed by atoms with E-state index in [2.05, 4.69) is 11.6 Å². The number of hydrogen-bond donors (Lipinski definition) is 1. The molecule has 0 heterocycles. The summed E-state index contributed by atoms with van der Waals surface area (Å²) in [6, 6.07) is 6.37. The lowest BCUT2D eigenvalue weighted by molar-refractivity contribution is 0.108. The first-order valence-corrected chi connectivity index (χ1v) is 11.3. The maximum atomic E-state index is 12.1. The molecule has 1 aromatic rings. The van der Waals surface area contributed by atoms with Gasteiger partial charge in [-0.1, -0.05) is 76.8 Å². The number of anilines is 1. The average Bonchev–Trinajstić information content (AvgIpc) is 2.56. The minimum absolute atomic E-state index is 0.0638. The van der Waals surface area contributed by atoms with Gasteiger partial charge >= 0.3 is 0 Å². The second kappa shape index (κ2) is 12.3. The molecule has 0 aliphatic carbocycles. The molecular weight excluding hydrogens is 358 g/mol. The first-order valence-electron chi connectivity index (χ1n) is 9.25. The maximum absolute atomic E-state index is 12.1. The molecule has 1 rings (SSSR count). The molecule has 0 unspecified atom stereocenters. The second-order valence-electron chi connectivity index (χ2n) is 6.42. The van der Waals surface area contributed by atoms with Crippen molar-refractivity contribution in [2.24, 2.45) is 0 Å². The van der Waals surface area contributed by atoms with Crippen LogP contribution in [0.3, 0.4) is 0 Å². The van der Waals surface area contributed by atoms with Crippen molar-refractivity contribution >= 4 is 32.6 Å². The summed E-state index contributed by atoms with van der Waals surface area (Å²) in [5.74, 6) is 0.0638. The van der Waals surface area contributed by atoms with Crippen LogP contribution in [-0.4, -0.2) is 19.4 Å². The molecule has 0 aliphatic heterocycles. The number of carbonyl (C=O) groups is 1. The third-order valence-corrected chi connectivity index (χ3v) is 5.73. The van der Waals surface area contributed by atoms with Gasteiger partial charge in [-0.05, 0) is 30.2 Å². The van der Waals surface area contributed by atoms with Crippen LogP contribution in [0.25, 0.3) is 0 Å². The van der Waals surface area contributed by atoms with Gasteiger partial charge in [0.05, 0.1) is 17.0 Å². The van der Waals surface area contributed by atoms with Crippen molar-refractivity contribution in [1.82, 2.24) is 0 Å². The minimum atomic E-state index is -3.46. The lowest BCUT2D eigenvalue weighted by Crippen LogP contribution is -2.18. The Morgan fingerprint density at radius 2 is 1.44 bits per heavy atom. The van der Waals surface area contributed by atoms with E-state index in [4.69, 9.17) is 11.6 Å². The van der Waals surface area contributed by atoms with Gasteiger partial charge in [-0.15, -0.1) is 0 Å². The van der Waals surface area contributed by atoms with Crippen LogP contribution in [0.5, 0.6) is 0 Å². The summed E-state index contributed by atoms with van der Waals surface area (Å²) < 4.78 is 26.8. The highest BCUT2D eigenvalue weighted by molar-refractivity contribution is 7.92. The first-order chi connectivity index (χ1) is 12.0. The topological polar surface area (TPSA) is 63.2 Å². The number of sulfonamides is 1. The van der Waals surface area contributed by atoms with Gasteiger partial charge in [-0.25, -0.2) is 8.42 Å². The van der Waals surface area contributed by atoms with Crippen molar-refractivity contribution in [2.75, 3.05) is 10.5 Å². The van der Waals surface area contributed by atoms with Crippen LogP contribution in [0.15, 0.2) is 24.3 Å². The van der Waals surface area contributed by atoms with Crippen LogP contribution in [-0.2, 0) is 10.0 Å². The van der Waals surface area contributed by atoms with Gasteiger partial charge in [0, 0.05) is 0 Å². The molecule has 25 heavy (non-hydrogen) atoms. The molecule has 0 fully saturated rings. The number of halogens is 1. The fourth-order valence-electron chi connectivity index (χ4n) is 2.74. The number of carbonyl (C=O) groups excluding carboxylic acids is 1. The highest BCUT2D eigenvalue weighted by Gasteiger charge is 2.15. The maximum Gasteiger partial charge on any atom is 0.254 e. The van der Waals surface area contributed by atoms with Crippen LogP contribution in [0.2, 0.25) is 0 Å². The zero-order chi connectivity index (χ0) is 18.5. The zero-order valence-electron chi connectivity index (χ0n) is 15.1. The Kier molecular flexibility index (Phi) is 10.8. The molecule has 0 saturated carbocycles. The fourth-order valence-corrected chi connectivity index (χ4v) is 4.11. The van der Waals surface area contributed by atoms with Gasteiger partial charge < -0.3 is 0 Å². The summed E-state index contributed by atoms with van der Waals surface area (Å²) in [6.07, 6.45) is 11.5. The van der Waals surface area contributed by atoms with Crippen molar-refractivity contribution in [2.45, 2.75) is 71.1 Å². The van der Waals surface area contributed by atoms with Crippen LogP contribution >= 0.6 is 11.6 Å². The third kappa shape index (κ3) is 9.85. The number of nitrogens with one attached hydrogen (secondary N) is 1. The van der Waals surface area contributed by atoms with E-state index < -0.39 is 15.3 Å². The summed E-state index contributed by atoms with van der Waals surface area (Å²) in [5.41, 5.74) is 0.422. The molecule has 0 aromatic heterocycles. The molecule has 0 bridgehead atoms. The van der Waals surface area contributed by atoms with Crippen LogP contribution in [0.4, 0.5) is 5.69 Å². The highest BCUT2D eigenvalue weighted by atomic mass is 35.5. The van der Waals surface area contributed by atoms with Crippen molar-refractivity contribution in [3.05, 3.63) is 29.8 Å². The predicted molar refractivity (Wildman–Crippen MR) is 106 cm³/mol. The van der Waals surface area contributed by atoms with Gasteiger partial charge in [0.2, 0.25) is 10.0 Å². The summed E-state index contributed by atoms with van der Waals surface area (Å²) in [4.78, 5) is 11.3. The number of para-hydroxylation sites is 1. The summed E-state index contributed by atoms with van der Waals surface area (Å²) in [7, 11) is -3.46. The number of rotatable bonds is 14. The molecule has 0 aliphatic rings. The Bertz CT molecular complexity index is 617. The number of benzene rings is 1. The lowest BCUT2D eigenvalue weighted by atomic mass is 10.1. The van der Waals surface area contributed by atoms with Crippen molar-refractivity contribution < 1.29 is 13.2 Å². The number of hydrogen-bond acceptors (Lipinski definition) is 3. The van der Waals surface area contributed by atoms with Crippen LogP contribution in [0.1, 0.15) is 81.5 Å². The van der Waals surface area contributed by atoms with E-state index in [0.717, 1.165) is 12.8 Å². The zero-order valence-corrected chi connectivity index (χ0v) is 16.7. The van der Waals surface area contributed by atoms with Gasteiger partial charge in [0.25, 0.3) is 5.24 Å². The molecule has 1 aromatic carbocycles. The first kappa shape index (κ1) is 22.0. The summed E-state index contributed by atoms with van der Waals surface area (Å²) in [5, 5.41) is -0.669. The van der Waals surface area contributed by atoms with Crippen LogP contribution in [0, 0.1) is 0 Å². The highest BCUT2D eigenvalue weighted by Crippen LogP contribution is 2.19. The monoisotopic (exact) mass is 387 g/mol. The Balaban J connectivity index is 2.23. The predicted octanol–water partition coefficient (Wildman–Crippen LogP) is 5.73. The average molecular weight is 388 g/mol. The van der Waals surface area contributed by atoms with Crippen molar-refractivity contribution in [3.63, 3.8) is 0 Å². The van der Waals surface area contributed by atoms with Gasteiger partial charge in [-0.2, -0.15) is 0 Å². The van der Waals surface area contributed by atoms with E-state index >= 15 is 0 Å². The molecule has 4 nitrogen and oxygen atoms in total. The van der Waals surface area contributed by atoms with Crippen LogP contribution < -0.4 is 4.72 Å². The van der Waals surface area contributed by atoms with E-state index in [1.165, 1.54) is 51.0 Å². The van der Waals surface area contributed by atoms with Crippen molar-refractivity contribution in [1.29, 1.82) is 0 Å². The minimum Gasteiger partial charge on any atom is -0.283 e. The largest absolute Gasteiger partial charge is 0.283 e. The van der Waals surface area contributed by atoms with E-state index in [1.807, 2.05) is 0 Å². The molecule has 1 N–H and O–H groups in total. The van der Waals surface area contributed by atoms with Gasteiger partial charge in [-0.3, -0.25) is 9.52 Å². The summed E-state index contributed by atoms with van der Waals surface area (Å²) in [6.45, 7) is 2.22. The summed E-state index contributed by atoms with van der Waals surface area (Å²) >= 11 is 5.48. The molecule has 0 spiro atoms. The molecule has 6 heteroatoms. The Morgan fingerprint density at radius 1 is 0.920 bits per heavy atom. The lowest BCUT2D eigenvalue weighted by Gasteiger charge is -2.10. The van der Waals surface area contributed by atoms with Crippen molar-refractivity contribution in [3.8, 4) is 0 Å². The van der Waals surface area contributed by atoms with Gasteiger partial charge in [0.15, 0.2) is 0 Å².